The largest absolute Gasteiger partial charge is 0.465 e. The molecule has 30 heavy (non-hydrogen) atoms. The third-order valence-electron chi connectivity index (χ3n) is 6.10. The van der Waals surface area contributed by atoms with E-state index in [0.29, 0.717) is 17.1 Å². The lowest BCUT2D eigenvalue weighted by atomic mass is 9.96. The molecule has 4 rings (SSSR count). The molecule has 160 valence electrons. The van der Waals surface area contributed by atoms with Crippen LogP contribution in [-0.2, 0) is 28.8 Å². The summed E-state index contributed by atoms with van der Waals surface area (Å²) in [4.78, 5) is 28.9. The van der Waals surface area contributed by atoms with E-state index in [9.17, 15) is 9.59 Å². The molecule has 1 aromatic carbocycles. The van der Waals surface area contributed by atoms with Crippen molar-refractivity contribution >= 4 is 33.9 Å². The summed E-state index contributed by atoms with van der Waals surface area (Å²) in [5.41, 5.74) is 5.36. The number of nitrogens with one attached hydrogen (secondary N) is 1. The molecule has 1 aliphatic carbocycles. The summed E-state index contributed by atoms with van der Waals surface area (Å²) in [7, 11) is 1.41. The first-order valence-corrected chi connectivity index (χ1v) is 11.8. The molecule has 0 saturated heterocycles. The van der Waals surface area contributed by atoms with Gasteiger partial charge < -0.3 is 15.0 Å². The normalized spacial score (nSPS) is 16.1. The average molecular weight is 427 g/mol. The molecule has 6 heteroatoms. The van der Waals surface area contributed by atoms with Crippen molar-refractivity contribution in [3.63, 3.8) is 0 Å². The first-order valence-electron chi connectivity index (χ1n) is 10.9. The van der Waals surface area contributed by atoms with Crippen LogP contribution in [0, 0.1) is 6.92 Å². The van der Waals surface area contributed by atoms with Crippen molar-refractivity contribution in [2.24, 2.45) is 0 Å². The number of carbonyl (C=O) groups is 2. The van der Waals surface area contributed by atoms with Gasteiger partial charge in [-0.2, -0.15) is 0 Å². The van der Waals surface area contributed by atoms with E-state index in [-0.39, 0.29) is 11.9 Å². The highest BCUT2D eigenvalue weighted by molar-refractivity contribution is 7.17. The Bertz CT molecular complexity index is 950. The summed E-state index contributed by atoms with van der Waals surface area (Å²) in [6.45, 7) is 3.26. The number of methoxy groups -OCH3 is 1. The number of aryl methyl sites for hydroxylation is 3. The number of benzene rings is 1. The molecular weight excluding hydrogens is 396 g/mol. The summed E-state index contributed by atoms with van der Waals surface area (Å²) in [5, 5.41) is 3.70. The number of anilines is 2. The molecule has 1 amide bonds. The Morgan fingerprint density at radius 3 is 2.70 bits per heavy atom. The SMILES string of the molecule is COC(=O)c1c(NC(=O)CN2CCCc3cc(C)ccc32)sc2c1CCCCCC2. The van der Waals surface area contributed by atoms with Crippen molar-refractivity contribution in [2.45, 2.75) is 58.3 Å². The van der Waals surface area contributed by atoms with Crippen LogP contribution in [0.15, 0.2) is 18.2 Å². The predicted molar refractivity (Wildman–Crippen MR) is 122 cm³/mol. The van der Waals surface area contributed by atoms with Crippen LogP contribution in [0.3, 0.4) is 0 Å². The second-order valence-corrected chi connectivity index (χ2v) is 9.42. The highest BCUT2D eigenvalue weighted by Gasteiger charge is 2.27. The van der Waals surface area contributed by atoms with Crippen molar-refractivity contribution in [1.82, 2.24) is 0 Å². The van der Waals surface area contributed by atoms with Gasteiger partial charge in [0.25, 0.3) is 0 Å². The van der Waals surface area contributed by atoms with Gasteiger partial charge in [0.1, 0.15) is 5.00 Å². The maximum absolute atomic E-state index is 13.0. The van der Waals surface area contributed by atoms with Crippen molar-refractivity contribution in [2.75, 3.05) is 30.4 Å². The Morgan fingerprint density at radius 1 is 1.10 bits per heavy atom. The topological polar surface area (TPSA) is 58.6 Å². The Labute approximate surface area is 182 Å². The minimum absolute atomic E-state index is 0.0807. The average Bonchev–Trinajstić information content (AvgIpc) is 3.03. The van der Waals surface area contributed by atoms with E-state index >= 15 is 0 Å². The minimum atomic E-state index is -0.345. The lowest BCUT2D eigenvalue weighted by molar-refractivity contribution is -0.115. The molecule has 2 aliphatic rings. The summed E-state index contributed by atoms with van der Waals surface area (Å²) in [5.74, 6) is -0.426. The molecule has 2 aromatic rings. The maximum atomic E-state index is 13.0. The van der Waals surface area contributed by atoms with Gasteiger partial charge in [0.2, 0.25) is 5.91 Å². The first-order chi connectivity index (χ1) is 14.6. The Kier molecular flexibility index (Phi) is 6.42. The molecule has 0 fully saturated rings. The highest BCUT2D eigenvalue weighted by Crippen LogP contribution is 2.37. The van der Waals surface area contributed by atoms with E-state index in [0.717, 1.165) is 56.3 Å². The zero-order valence-corrected chi connectivity index (χ0v) is 18.7. The van der Waals surface area contributed by atoms with Gasteiger partial charge in [-0.3, -0.25) is 4.79 Å². The van der Waals surface area contributed by atoms with Gasteiger partial charge >= 0.3 is 5.97 Å². The number of amides is 1. The van der Waals surface area contributed by atoms with E-state index in [1.165, 1.54) is 36.0 Å². The Balaban J connectivity index is 1.55. The molecule has 1 N–H and O–H groups in total. The van der Waals surface area contributed by atoms with Crippen molar-refractivity contribution < 1.29 is 14.3 Å². The van der Waals surface area contributed by atoms with Crippen LogP contribution in [0.25, 0.3) is 0 Å². The van der Waals surface area contributed by atoms with E-state index in [1.807, 2.05) is 0 Å². The molecule has 0 bridgehead atoms. The molecule has 0 spiro atoms. The lowest BCUT2D eigenvalue weighted by Crippen LogP contribution is -2.36. The van der Waals surface area contributed by atoms with Gasteiger partial charge in [0.15, 0.2) is 0 Å². The number of carbonyl (C=O) groups excluding carboxylic acids is 2. The number of fused-ring (bicyclic) bond motifs is 2. The fourth-order valence-electron chi connectivity index (χ4n) is 4.63. The summed E-state index contributed by atoms with van der Waals surface area (Å²) < 4.78 is 5.07. The molecular formula is C24H30N2O3S. The van der Waals surface area contributed by atoms with E-state index in [1.54, 1.807) is 11.3 Å². The number of ether oxygens (including phenoxy) is 1. The van der Waals surface area contributed by atoms with Crippen LogP contribution < -0.4 is 10.2 Å². The van der Waals surface area contributed by atoms with Crippen LogP contribution in [0.2, 0.25) is 0 Å². The second-order valence-electron chi connectivity index (χ2n) is 8.32. The van der Waals surface area contributed by atoms with Crippen LogP contribution in [-0.4, -0.2) is 32.1 Å². The summed E-state index contributed by atoms with van der Waals surface area (Å²) in [6.07, 6.45) is 8.57. The summed E-state index contributed by atoms with van der Waals surface area (Å²) in [6, 6.07) is 6.44. The fraction of sp³-hybridized carbons (Fsp3) is 0.500. The number of nitrogens with zero attached hydrogens (tertiary/aromatic N) is 1. The molecule has 2 heterocycles. The molecule has 0 atom stereocenters. The molecule has 0 saturated carbocycles. The zero-order chi connectivity index (χ0) is 21.1. The van der Waals surface area contributed by atoms with E-state index in [4.69, 9.17) is 4.74 Å². The van der Waals surface area contributed by atoms with E-state index in [2.05, 4.69) is 35.3 Å². The van der Waals surface area contributed by atoms with Gasteiger partial charge in [0.05, 0.1) is 19.2 Å². The van der Waals surface area contributed by atoms with Crippen molar-refractivity contribution in [1.29, 1.82) is 0 Å². The number of rotatable bonds is 4. The van der Waals surface area contributed by atoms with Gasteiger partial charge in [-0.15, -0.1) is 11.3 Å². The minimum Gasteiger partial charge on any atom is -0.465 e. The third kappa shape index (κ3) is 4.38. The zero-order valence-electron chi connectivity index (χ0n) is 17.9. The van der Waals surface area contributed by atoms with Crippen LogP contribution in [0.1, 0.15) is 64.0 Å². The first kappa shape index (κ1) is 20.9. The maximum Gasteiger partial charge on any atom is 0.341 e. The standard InChI is InChI=1S/C24H30N2O3S/c1-16-11-12-19-17(14-16)8-7-13-26(19)15-21(27)25-23-22(24(28)29-2)18-9-5-3-4-6-10-20(18)30-23/h11-12,14H,3-10,13,15H2,1-2H3,(H,25,27). The van der Waals surface area contributed by atoms with Crippen LogP contribution in [0.5, 0.6) is 0 Å². The molecule has 1 aliphatic heterocycles. The number of hydrogen-bond donors (Lipinski definition) is 1. The summed E-state index contributed by atoms with van der Waals surface area (Å²) >= 11 is 1.55. The van der Waals surface area contributed by atoms with Crippen LogP contribution in [0.4, 0.5) is 10.7 Å². The van der Waals surface area contributed by atoms with Gasteiger partial charge in [-0.25, -0.2) is 4.79 Å². The molecule has 1 aromatic heterocycles. The number of thiophene rings is 1. The fourth-order valence-corrected chi connectivity index (χ4v) is 5.93. The van der Waals surface area contributed by atoms with Crippen LogP contribution >= 0.6 is 11.3 Å². The lowest BCUT2D eigenvalue weighted by Gasteiger charge is -2.31. The number of esters is 1. The Morgan fingerprint density at radius 2 is 1.90 bits per heavy atom. The predicted octanol–water partition coefficient (Wildman–Crippen LogP) is 4.89. The van der Waals surface area contributed by atoms with Crippen molar-refractivity contribution in [3.8, 4) is 0 Å². The van der Waals surface area contributed by atoms with Crippen molar-refractivity contribution in [3.05, 3.63) is 45.3 Å². The second kappa shape index (κ2) is 9.21. The molecule has 0 radical (unpaired) electrons. The van der Waals surface area contributed by atoms with Gasteiger partial charge in [0, 0.05) is 17.1 Å². The third-order valence-corrected chi connectivity index (χ3v) is 7.31. The van der Waals surface area contributed by atoms with Gasteiger partial charge in [-0.1, -0.05) is 30.5 Å². The monoisotopic (exact) mass is 426 g/mol. The van der Waals surface area contributed by atoms with Gasteiger partial charge in [-0.05, 0) is 62.6 Å². The highest BCUT2D eigenvalue weighted by atomic mass is 32.1. The quantitative estimate of drug-likeness (QED) is 0.707. The number of hydrogen-bond acceptors (Lipinski definition) is 5. The molecule has 0 unspecified atom stereocenters. The Hall–Kier alpha value is -2.34. The molecule has 5 nitrogen and oxygen atoms in total. The van der Waals surface area contributed by atoms with E-state index < -0.39 is 0 Å². The smallest absolute Gasteiger partial charge is 0.341 e.